The quantitative estimate of drug-likeness (QED) is 0.199. The summed E-state index contributed by atoms with van der Waals surface area (Å²) in [5.41, 5.74) is 12.2. The smallest absolute Gasteiger partial charge is 0.135 e. The normalized spacial score (nSPS) is 11.3. The molecule has 2 aromatic heterocycles. The first kappa shape index (κ1) is 27.4. The molecule has 222 valence electrons. The lowest BCUT2D eigenvalue weighted by molar-refractivity contribution is 0.669. The molecule has 0 aliphatic carbocycles. The van der Waals surface area contributed by atoms with Gasteiger partial charge in [0, 0.05) is 27.2 Å². The van der Waals surface area contributed by atoms with Crippen LogP contribution in [0.15, 0.2) is 156 Å². The van der Waals surface area contributed by atoms with Gasteiger partial charge in [-0.05, 0) is 112 Å². The van der Waals surface area contributed by atoms with E-state index in [2.05, 4.69) is 108 Å². The van der Waals surface area contributed by atoms with Gasteiger partial charge in [0.05, 0.1) is 34.3 Å². The molecule has 0 saturated carbocycles. The third kappa shape index (κ3) is 4.36. The summed E-state index contributed by atoms with van der Waals surface area (Å²) < 4.78 is 8.44. The Kier molecular flexibility index (Phi) is 6.22. The molecule has 0 unspecified atom stereocenters. The molecule has 7 aromatic carbocycles. The molecule has 0 aliphatic rings. The van der Waals surface area contributed by atoms with Crippen LogP contribution in [0, 0.1) is 22.7 Å². The van der Waals surface area contributed by atoms with E-state index in [4.69, 9.17) is 4.42 Å². The van der Waals surface area contributed by atoms with Gasteiger partial charge in [0.25, 0.3) is 0 Å². The summed E-state index contributed by atoms with van der Waals surface area (Å²) in [6, 6.07) is 56.2. The van der Waals surface area contributed by atoms with Gasteiger partial charge < -0.3 is 8.98 Å². The fourth-order valence-electron chi connectivity index (χ4n) is 7.03. The summed E-state index contributed by atoms with van der Waals surface area (Å²) in [6.07, 6.45) is 0. The van der Waals surface area contributed by atoms with Gasteiger partial charge >= 0.3 is 0 Å². The van der Waals surface area contributed by atoms with Crippen molar-refractivity contribution in [3.05, 3.63) is 163 Å². The van der Waals surface area contributed by atoms with Crippen LogP contribution in [0.1, 0.15) is 11.1 Å². The Bertz CT molecular complexity index is 2810. The fraction of sp³-hybridized carbons (Fsp3) is 0. The van der Waals surface area contributed by atoms with Crippen molar-refractivity contribution in [1.29, 1.82) is 10.5 Å². The maximum absolute atomic E-state index is 10.1. The number of aromatic nitrogens is 1. The van der Waals surface area contributed by atoms with Crippen LogP contribution >= 0.6 is 0 Å². The van der Waals surface area contributed by atoms with Crippen molar-refractivity contribution in [2.45, 2.75) is 0 Å². The summed E-state index contributed by atoms with van der Waals surface area (Å²) in [4.78, 5) is 0. The summed E-state index contributed by atoms with van der Waals surface area (Å²) in [5, 5.41) is 24.1. The van der Waals surface area contributed by atoms with Gasteiger partial charge in [0.1, 0.15) is 11.2 Å². The molecule has 4 heteroatoms. The van der Waals surface area contributed by atoms with Crippen LogP contribution in [-0.2, 0) is 0 Å². The largest absolute Gasteiger partial charge is 0.456 e. The maximum atomic E-state index is 10.1. The summed E-state index contributed by atoms with van der Waals surface area (Å²) in [7, 11) is 0. The second kappa shape index (κ2) is 10.9. The zero-order chi connectivity index (χ0) is 32.2. The molecule has 0 aliphatic heterocycles. The zero-order valence-electron chi connectivity index (χ0n) is 25.7. The first-order valence-electron chi connectivity index (χ1n) is 15.8. The Morgan fingerprint density at radius 3 is 1.98 bits per heavy atom. The Hall–Kier alpha value is -6.88. The second-order valence-electron chi connectivity index (χ2n) is 12.0. The van der Waals surface area contributed by atoms with E-state index in [1.165, 1.54) is 0 Å². The monoisotopic (exact) mass is 611 g/mol. The van der Waals surface area contributed by atoms with Gasteiger partial charge in [-0.2, -0.15) is 10.5 Å². The Labute approximate surface area is 276 Å². The molecule has 0 atom stereocenters. The number of nitriles is 2. The van der Waals surface area contributed by atoms with Gasteiger partial charge in [-0.3, -0.25) is 0 Å². The number of nitrogens with zero attached hydrogens (tertiary/aromatic N) is 3. The highest BCUT2D eigenvalue weighted by molar-refractivity contribution is 6.17. The number of hydrogen-bond donors (Lipinski definition) is 0. The van der Waals surface area contributed by atoms with E-state index in [9.17, 15) is 10.5 Å². The van der Waals surface area contributed by atoms with Crippen LogP contribution in [-0.4, -0.2) is 4.57 Å². The number of rotatable bonds is 4. The third-order valence-corrected chi connectivity index (χ3v) is 9.21. The van der Waals surface area contributed by atoms with Crippen molar-refractivity contribution in [2.24, 2.45) is 0 Å². The van der Waals surface area contributed by atoms with Crippen molar-refractivity contribution in [1.82, 2.24) is 4.57 Å². The van der Waals surface area contributed by atoms with Crippen molar-refractivity contribution in [2.75, 3.05) is 0 Å². The standard InChI is InChI=1S/C44H25N3O/c45-26-28-8-6-9-30(20-28)33-21-29(27-46)22-34(23-33)36-13-7-14-41-44(36)39-25-31(16-18-40(39)47(41)35-10-2-1-3-11-35)32-17-19-43-38(24-32)37-12-4-5-15-42(37)48-43/h1-25H. The number of furan rings is 1. The molecule has 0 spiro atoms. The molecular weight excluding hydrogens is 587 g/mol. The Morgan fingerprint density at radius 2 is 1.12 bits per heavy atom. The number of benzene rings is 7. The average Bonchev–Trinajstić information content (AvgIpc) is 3.70. The average molecular weight is 612 g/mol. The van der Waals surface area contributed by atoms with Gasteiger partial charge in [-0.15, -0.1) is 0 Å². The van der Waals surface area contributed by atoms with E-state index in [-0.39, 0.29) is 0 Å². The van der Waals surface area contributed by atoms with E-state index in [1.807, 2.05) is 54.6 Å². The van der Waals surface area contributed by atoms with E-state index in [0.29, 0.717) is 11.1 Å². The van der Waals surface area contributed by atoms with Crippen molar-refractivity contribution < 1.29 is 4.42 Å². The van der Waals surface area contributed by atoms with Crippen LogP contribution in [0.4, 0.5) is 0 Å². The number of fused-ring (bicyclic) bond motifs is 6. The van der Waals surface area contributed by atoms with Crippen molar-refractivity contribution >= 4 is 43.7 Å². The predicted octanol–water partition coefficient (Wildman–Crippen LogP) is 11.4. The molecule has 48 heavy (non-hydrogen) atoms. The third-order valence-electron chi connectivity index (χ3n) is 9.21. The predicted molar refractivity (Wildman–Crippen MR) is 194 cm³/mol. The summed E-state index contributed by atoms with van der Waals surface area (Å²) >= 11 is 0. The topological polar surface area (TPSA) is 65.7 Å². The number of hydrogen-bond acceptors (Lipinski definition) is 3. The SMILES string of the molecule is N#Cc1cccc(-c2cc(C#N)cc(-c3cccc4c3c3cc(-c5ccc6oc7ccccc7c6c5)ccc3n4-c3ccccc3)c2)c1. The van der Waals surface area contributed by atoms with Gasteiger partial charge in [-0.25, -0.2) is 0 Å². The molecule has 0 bridgehead atoms. The van der Waals surface area contributed by atoms with Crippen LogP contribution in [0.5, 0.6) is 0 Å². The summed E-state index contributed by atoms with van der Waals surface area (Å²) in [6.45, 7) is 0. The van der Waals surface area contributed by atoms with Crippen LogP contribution in [0.25, 0.3) is 82.8 Å². The lowest BCUT2D eigenvalue weighted by Crippen LogP contribution is -1.93. The van der Waals surface area contributed by atoms with Gasteiger partial charge in [0.2, 0.25) is 0 Å². The van der Waals surface area contributed by atoms with E-state index >= 15 is 0 Å². The highest BCUT2D eigenvalue weighted by atomic mass is 16.3. The Balaban J connectivity index is 1.32. The molecule has 9 rings (SSSR count). The Morgan fingerprint density at radius 1 is 0.438 bits per heavy atom. The lowest BCUT2D eigenvalue weighted by atomic mass is 9.93. The van der Waals surface area contributed by atoms with Crippen molar-refractivity contribution in [3.63, 3.8) is 0 Å². The molecule has 9 aromatic rings. The van der Waals surface area contributed by atoms with Crippen LogP contribution in [0.2, 0.25) is 0 Å². The van der Waals surface area contributed by atoms with E-state index in [0.717, 1.165) is 82.8 Å². The van der Waals surface area contributed by atoms with Crippen molar-refractivity contribution in [3.8, 4) is 51.2 Å². The minimum absolute atomic E-state index is 0.565. The highest BCUT2D eigenvalue weighted by Gasteiger charge is 2.18. The van der Waals surface area contributed by atoms with Gasteiger partial charge in [0.15, 0.2) is 0 Å². The van der Waals surface area contributed by atoms with E-state index < -0.39 is 0 Å². The molecular formula is C44H25N3O. The second-order valence-corrected chi connectivity index (χ2v) is 12.0. The molecule has 2 heterocycles. The van der Waals surface area contributed by atoms with Crippen LogP contribution < -0.4 is 0 Å². The molecule has 4 nitrogen and oxygen atoms in total. The molecule has 0 fully saturated rings. The summed E-state index contributed by atoms with van der Waals surface area (Å²) in [5.74, 6) is 0. The zero-order valence-corrected chi connectivity index (χ0v) is 25.7. The molecule has 0 amide bonds. The number of para-hydroxylation sites is 2. The fourth-order valence-corrected chi connectivity index (χ4v) is 7.03. The minimum Gasteiger partial charge on any atom is -0.456 e. The molecule has 0 N–H and O–H groups in total. The minimum atomic E-state index is 0.565. The first-order valence-corrected chi connectivity index (χ1v) is 15.8. The van der Waals surface area contributed by atoms with Gasteiger partial charge in [-0.1, -0.05) is 72.8 Å². The molecule has 0 saturated heterocycles. The van der Waals surface area contributed by atoms with Crippen LogP contribution in [0.3, 0.4) is 0 Å². The maximum Gasteiger partial charge on any atom is 0.135 e. The molecule has 0 radical (unpaired) electrons. The lowest BCUT2D eigenvalue weighted by Gasteiger charge is -2.11. The first-order chi connectivity index (χ1) is 23.7. The van der Waals surface area contributed by atoms with E-state index in [1.54, 1.807) is 6.07 Å². The highest BCUT2D eigenvalue weighted by Crippen LogP contribution is 2.42.